The summed E-state index contributed by atoms with van der Waals surface area (Å²) in [5, 5.41) is 19.7. The van der Waals surface area contributed by atoms with Gasteiger partial charge in [0.05, 0.1) is 6.10 Å². The van der Waals surface area contributed by atoms with Crippen molar-refractivity contribution in [2.75, 3.05) is 7.11 Å². The van der Waals surface area contributed by atoms with Crippen molar-refractivity contribution in [1.29, 1.82) is 0 Å². The number of benzene rings is 1. The number of rotatable bonds is 1. The number of carbonyl (C=O) groups excluding carboxylic acids is 2. The standard InChI is InChI=1S/C19H24O6/c1-12-5-3-7-16(24-2)8-4-6-14(20)9-13-10-15(21)11-17(22)18(13)19(23)25-12/h3,7,10-12,16,21-22H,4-6,8-9H2,1-2H3/b7-3+/t12-,16+/m1/s1. The number of ether oxygens (including phenoxy) is 2. The third-order valence-electron chi connectivity index (χ3n) is 4.15. The topological polar surface area (TPSA) is 93.1 Å². The molecule has 6 heteroatoms. The van der Waals surface area contributed by atoms with Gasteiger partial charge in [-0.3, -0.25) is 4.79 Å². The minimum atomic E-state index is -0.707. The summed E-state index contributed by atoms with van der Waals surface area (Å²) < 4.78 is 10.7. The molecule has 0 radical (unpaired) electrons. The van der Waals surface area contributed by atoms with Gasteiger partial charge >= 0.3 is 5.97 Å². The van der Waals surface area contributed by atoms with Crippen LogP contribution in [0.25, 0.3) is 0 Å². The number of ketones is 1. The van der Waals surface area contributed by atoms with Gasteiger partial charge in [-0.1, -0.05) is 12.2 Å². The Morgan fingerprint density at radius 2 is 2.00 bits per heavy atom. The van der Waals surface area contributed by atoms with Crippen LogP contribution in [0.2, 0.25) is 0 Å². The second-order valence-corrected chi connectivity index (χ2v) is 6.26. The number of carbonyl (C=O) groups is 2. The molecule has 1 aromatic carbocycles. The highest BCUT2D eigenvalue weighted by Crippen LogP contribution is 2.29. The zero-order valence-electron chi connectivity index (χ0n) is 14.5. The second kappa shape index (κ2) is 8.67. The van der Waals surface area contributed by atoms with Gasteiger partial charge in [0, 0.05) is 32.4 Å². The number of phenols is 2. The molecule has 0 amide bonds. The van der Waals surface area contributed by atoms with Crippen molar-refractivity contribution in [3.63, 3.8) is 0 Å². The van der Waals surface area contributed by atoms with Gasteiger partial charge in [0.15, 0.2) is 0 Å². The lowest BCUT2D eigenvalue weighted by Gasteiger charge is -2.16. The molecule has 1 aromatic rings. The average molecular weight is 348 g/mol. The van der Waals surface area contributed by atoms with Crippen molar-refractivity contribution in [2.24, 2.45) is 0 Å². The highest BCUT2D eigenvalue weighted by molar-refractivity contribution is 5.96. The molecule has 0 unspecified atom stereocenters. The van der Waals surface area contributed by atoms with Crippen LogP contribution in [0.5, 0.6) is 11.5 Å². The van der Waals surface area contributed by atoms with Crippen molar-refractivity contribution in [3.05, 3.63) is 35.4 Å². The lowest BCUT2D eigenvalue weighted by atomic mass is 9.97. The Bertz CT molecular complexity index is 664. The van der Waals surface area contributed by atoms with E-state index in [-0.39, 0.29) is 40.9 Å². The van der Waals surface area contributed by atoms with Gasteiger partial charge in [0.1, 0.15) is 28.9 Å². The summed E-state index contributed by atoms with van der Waals surface area (Å²) >= 11 is 0. The zero-order chi connectivity index (χ0) is 18.4. The van der Waals surface area contributed by atoms with Crippen LogP contribution < -0.4 is 0 Å². The SMILES string of the molecule is CO[C@H]1/C=C/C[C@@H](C)OC(=O)c2c(O)cc(O)cc2CC(=O)CCC1. The number of Topliss-reactive ketones (excluding diaryl/α,β-unsaturated/α-hetero) is 1. The van der Waals surface area contributed by atoms with Crippen LogP contribution in [-0.4, -0.2) is 41.3 Å². The smallest absolute Gasteiger partial charge is 0.342 e. The third kappa shape index (κ3) is 5.32. The number of hydrogen-bond acceptors (Lipinski definition) is 6. The Hall–Kier alpha value is -2.34. The van der Waals surface area contributed by atoms with Crippen LogP contribution in [0.4, 0.5) is 0 Å². The number of cyclic esters (lactones) is 1. The van der Waals surface area contributed by atoms with Gasteiger partial charge in [0.25, 0.3) is 0 Å². The quantitative estimate of drug-likeness (QED) is 0.599. The maximum absolute atomic E-state index is 12.4. The number of fused-ring (bicyclic) bond motifs is 1. The molecule has 0 spiro atoms. The van der Waals surface area contributed by atoms with Crippen LogP contribution in [0.15, 0.2) is 24.3 Å². The Balaban J connectivity index is 2.32. The fraction of sp³-hybridized carbons (Fsp3) is 0.474. The lowest BCUT2D eigenvalue weighted by molar-refractivity contribution is -0.118. The van der Waals surface area contributed by atoms with Crippen molar-refractivity contribution in [3.8, 4) is 11.5 Å². The lowest BCUT2D eigenvalue weighted by Crippen LogP contribution is -2.18. The van der Waals surface area contributed by atoms with E-state index >= 15 is 0 Å². The molecule has 1 heterocycles. The molecular weight excluding hydrogens is 324 g/mol. The van der Waals surface area contributed by atoms with Crippen molar-refractivity contribution in [1.82, 2.24) is 0 Å². The molecule has 25 heavy (non-hydrogen) atoms. The van der Waals surface area contributed by atoms with Gasteiger partial charge in [-0.25, -0.2) is 4.79 Å². The highest BCUT2D eigenvalue weighted by Gasteiger charge is 2.23. The molecule has 0 aliphatic carbocycles. The van der Waals surface area contributed by atoms with Gasteiger partial charge in [-0.2, -0.15) is 0 Å². The van der Waals surface area contributed by atoms with Gasteiger partial charge in [0.2, 0.25) is 0 Å². The first-order valence-corrected chi connectivity index (χ1v) is 8.37. The van der Waals surface area contributed by atoms with E-state index in [1.807, 2.05) is 12.2 Å². The van der Waals surface area contributed by atoms with E-state index in [1.165, 1.54) is 6.07 Å². The minimum absolute atomic E-state index is 0.0474. The Morgan fingerprint density at radius 1 is 1.24 bits per heavy atom. The van der Waals surface area contributed by atoms with Crippen molar-refractivity contribution >= 4 is 11.8 Å². The molecule has 0 saturated heterocycles. The summed E-state index contributed by atoms with van der Waals surface area (Å²) in [6.07, 6.45) is 5.47. The van der Waals surface area contributed by atoms with Crippen molar-refractivity contribution in [2.45, 2.75) is 51.2 Å². The fourth-order valence-corrected chi connectivity index (χ4v) is 2.85. The van der Waals surface area contributed by atoms with E-state index in [9.17, 15) is 19.8 Å². The van der Waals surface area contributed by atoms with Gasteiger partial charge < -0.3 is 19.7 Å². The van der Waals surface area contributed by atoms with E-state index in [4.69, 9.17) is 9.47 Å². The first kappa shape index (κ1) is 19.0. The number of phenolic OH excluding ortho intramolecular Hbond substituents is 2. The Kier molecular flexibility index (Phi) is 6.58. The average Bonchev–Trinajstić information content (AvgIpc) is 2.51. The van der Waals surface area contributed by atoms with Crippen LogP contribution >= 0.6 is 0 Å². The van der Waals surface area contributed by atoms with E-state index in [0.717, 1.165) is 6.07 Å². The summed E-state index contributed by atoms with van der Waals surface area (Å²) in [6.45, 7) is 1.75. The molecule has 2 N–H and O–H groups in total. The predicted molar refractivity (Wildman–Crippen MR) is 91.8 cm³/mol. The zero-order valence-corrected chi connectivity index (χ0v) is 14.5. The Morgan fingerprint density at radius 3 is 2.72 bits per heavy atom. The summed E-state index contributed by atoms with van der Waals surface area (Å²) in [7, 11) is 1.62. The van der Waals surface area contributed by atoms with E-state index in [0.29, 0.717) is 25.7 Å². The highest BCUT2D eigenvalue weighted by atomic mass is 16.5. The third-order valence-corrected chi connectivity index (χ3v) is 4.15. The number of methoxy groups -OCH3 is 1. The van der Waals surface area contributed by atoms with Crippen LogP contribution in [0, 0.1) is 0 Å². The summed E-state index contributed by atoms with van der Waals surface area (Å²) in [6, 6.07) is 2.39. The maximum atomic E-state index is 12.4. The van der Waals surface area contributed by atoms with Crippen LogP contribution in [-0.2, 0) is 20.7 Å². The van der Waals surface area contributed by atoms with Gasteiger partial charge in [-0.05, 0) is 31.4 Å². The molecule has 6 nitrogen and oxygen atoms in total. The first-order valence-electron chi connectivity index (χ1n) is 8.37. The van der Waals surface area contributed by atoms with E-state index in [1.54, 1.807) is 14.0 Å². The largest absolute Gasteiger partial charge is 0.508 e. The van der Waals surface area contributed by atoms with Gasteiger partial charge in [-0.15, -0.1) is 0 Å². The van der Waals surface area contributed by atoms with Crippen molar-refractivity contribution < 1.29 is 29.3 Å². The molecule has 0 bridgehead atoms. The summed E-state index contributed by atoms with van der Waals surface area (Å²) in [4.78, 5) is 24.7. The minimum Gasteiger partial charge on any atom is -0.508 e. The second-order valence-electron chi connectivity index (χ2n) is 6.26. The molecule has 136 valence electrons. The molecular formula is C19H24O6. The predicted octanol–water partition coefficient (Wildman–Crippen LogP) is 2.90. The summed E-state index contributed by atoms with van der Waals surface area (Å²) in [5.74, 6) is -1.37. The molecule has 2 atom stereocenters. The number of aromatic hydroxyl groups is 2. The van der Waals surface area contributed by atoms with E-state index < -0.39 is 12.1 Å². The normalized spacial score (nSPS) is 24.1. The molecule has 1 aliphatic heterocycles. The van der Waals surface area contributed by atoms with E-state index in [2.05, 4.69) is 0 Å². The van der Waals surface area contributed by atoms with Crippen LogP contribution in [0.3, 0.4) is 0 Å². The molecule has 0 fully saturated rings. The Labute approximate surface area is 147 Å². The molecule has 1 aliphatic rings. The number of esters is 1. The molecule has 0 saturated carbocycles. The fourth-order valence-electron chi connectivity index (χ4n) is 2.85. The number of hydrogen-bond donors (Lipinski definition) is 2. The van der Waals surface area contributed by atoms with Crippen LogP contribution in [0.1, 0.15) is 48.5 Å². The first-order chi connectivity index (χ1) is 11.9. The summed E-state index contributed by atoms with van der Waals surface area (Å²) in [5.41, 5.74) is 0.212. The molecule has 2 rings (SSSR count). The molecule has 0 aromatic heterocycles. The monoisotopic (exact) mass is 348 g/mol. The maximum Gasteiger partial charge on any atom is 0.342 e.